The predicted octanol–water partition coefficient (Wildman–Crippen LogP) is 3.78. The fourth-order valence-electron chi connectivity index (χ4n) is 3.39. The van der Waals surface area contributed by atoms with Crippen molar-refractivity contribution in [3.63, 3.8) is 0 Å². The van der Waals surface area contributed by atoms with Crippen LogP contribution >= 0.6 is 0 Å². The minimum Gasteiger partial charge on any atom is -0.299 e. The number of carbonyl (C=O) groups is 2. The van der Waals surface area contributed by atoms with Gasteiger partial charge in [-0.2, -0.15) is 0 Å². The van der Waals surface area contributed by atoms with E-state index in [0.717, 1.165) is 32.1 Å². The molecule has 2 saturated carbocycles. The Kier molecular flexibility index (Phi) is 4.16. The van der Waals surface area contributed by atoms with Gasteiger partial charge in [0.25, 0.3) is 0 Å². The first-order chi connectivity index (χ1) is 7.70. The molecule has 0 spiro atoms. The van der Waals surface area contributed by atoms with Crippen LogP contribution in [-0.4, -0.2) is 11.6 Å². The summed E-state index contributed by atoms with van der Waals surface area (Å²) in [5.41, 5.74) is -0.0486. The quantitative estimate of drug-likeness (QED) is 0.696. The molecule has 2 aliphatic rings. The molecule has 17 heavy (non-hydrogen) atoms. The van der Waals surface area contributed by atoms with Gasteiger partial charge in [0.15, 0.2) is 0 Å². The number of ketones is 2. The summed E-state index contributed by atoms with van der Waals surface area (Å²) in [5, 5.41) is 0. The molecule has 0 heterocycles. The number of Topliss-reactive ketones (excluding diaryl/α,β-unsaturated/α-hetero) is 2. The molecule has 2 heteroatoms. The molecule has 0 amide bonds. The van der Waals surface area contributed by atoms with Crippen LogP contribution in [0.3, 0.4) is 0 Å². The van der Waals surface area contributed by atoms with Gasteiger partial charge < -0.3 is 0 Å². The van der Waals surface area contributed by atoms with Gasteiger partial charge >= 0.3 is 0 Å². The lowest BCUT2D eigenvalue weighted by Crippen LogP contribution is -2.50. The number of hydrogen-bond acceptors (Lipinski definition) is 2. The molecule has 98 valence electrons. The maximum atomic E-state index is 11.2. The minimum atomic E-state index is -0.0243. The first-order valence-corrected chi connectivity index (χ1v) is 6.78. The van der Waals surface area contributed by atoms with E-state index in [9.17, 15) is 9.59 Å². The zero-order valence-corrected chi connectivity index (χ0v) is 11.9. The van der Waals surface area contributed by atoms with Crippen molar-refractivity contribution >= 4 is 11.6 Å². The standard InChI is InChI=1S/C8H14O.C7H12O/c1-7(2)5-8(3,4)6(7)9;1-2-6-4-3-5-7(6)8/h5H2,1-4H3;6H,2-5H2,1H3. The van der Waals surface area contributed by atoms with Crippen LogP contribution < -0.4 is 0 Å². The monoisotopic (exact) mass is 238 g/mol. The molecular formula is C15H26O2. The number of carbonyl (C=O) groups excluding carboxylic acids is 2. The van der Waals surface area contributed by atoms with E-state index in [1.807, 2.05) is 27.7 Å². The summed E-state index contributed by atoms with van der Waals surface area (Å²) in [4.78, 5) is 22.0. The van der Waals surface area contributed by atoms with Gasteiger partial charge in [0.05, 0.1) is 0 Å². The second-order valence-electron chi connectivity index (χ2n) is 6.74. The lowest BCUT2D eigenvalue weighted by atomic mass is 9.55. The smallest absolute Gasteiger partial charge is 0.144 e. The van der Waals surface area contributed by atoms with Crippen LogP contribution in [-0.2, 0) is 9.59 Å². The van der Waals surface area contributed by atoms with Crippen molar-refractivity contribution in [1.82, 2.24) is 0 Å². The molecule has 1 unspecified atom stereocenters. The molecule has 0 aromatic rings. The maximum absolute atomic E-state index is 11.2. The summed E-state index contributed by atoms with van der Waals surface area (Å²) >= 11 is 0. The van der Waals surface area contributed by atoms with Gasteiger partial charge in [0, 0.05) is 23.2 Å². The van der Waals surface area contributed by atoms with Gasteiger partial charge in [-0.25, -0.2) is 0 Å². The van der Waals surface area contributed by atoms with Crippen molar-refractivity contribution in [2.75, 3.05) is 0 Å². The fraction of sp³-hybridized carbons (Fsp3) is 0.867. The summed E-state index contributed by atoms with van der Waals surface area (Å²) in [5.74, 6) is 1.33. The second-order valence-corrected chi connectivity index (χ2v) is 6.74. The van der Waals surface area contributed by atoms with Crippen LogP contribution in [0.4, 0.5) is 0 Å². The van der Waals surface area contributed by atoms with E-state index < -0.39 is 0 Å². The molecule has 0 aliphatic heterocycles. The topological polar surface area (TPSA) is 34.1 Å². The van der Waals surface area contributed by atoms with Gasteiger partial charge in [-0.1, -0.05) is 34.6 Å². The molecule has 0 saturated heterocycles. The predicted molar refractivity (Wildman–Crippen MR) is 69.8 cm³/mol. The second kappa shape index (κ2) is 4.91. The molecule has 2 aliphatic carbocycles. The maximum Gasteiger partial charge on any atom is 0.144 e. The van der Waals surface area contributed by atoms with E-state index in [1.165, 1.54) is 0 Å². The first-order valence-electron chi connectivity index (χ1n) is 6.78. The molecular weight excluding hydrogens is 212 g/mol. The third-order valence-corrected chi connectivity index (χ3v) is 4.04. The zero-order valence-electron chi connectivity index (χ0n) is 11.9. The Morgan fingerprint density at radius 2 is 1.65 bits per heavy atom. The fourth-order valence-corrected chi connectivity index (χ4v) is 3.39. The molecule has 2 rings (SSSR count). The van der Waals surface area contributed by atoms with Crippen molar-refractivity contribution in [1.29, 1.82) is 0 Å². The van der Waals surface area contributed by atoms with Crippen LogP contribution in [0.15, 0.2) is 0 Å². The van der Waals surface area contributed by atoms with Crippen molar-refractivity contribution in [2.45, 2.75) is 66.7 Å². The molecule has 0 radical (unpaired) electrons. The Labute approximate surface area is 105 Å². The van der Waals surface area contributed by atoms with E-state index in [0.29, 0.717) is 17.5 Å². The number of rotatable bonds is 1. The Morgan fingerprint density at radius 3 is 1.76 bits per heavy atom. The highest BCUT2D eigenvalue weighted by Crippen LogP contribution is 2.49. The van der Waals surface area contributed by atoms with Crippen molar-refractivity contribution in [3.8, 4) is 0 Å². The lowest BCUT2D eigenvalue weighted by Gasteiger charge is -2.46. The van der Waals surface area contributed by atoms with Gasteiger partial charge in [-0.15, -0.1) is 0 Å². The molecule has 2 fully saturated rings. The average molecular weight is 238 g/mol. The van der Waals surface area contributed by atoms with Crippen LogP contribution in [0.5, 0.6) is 0 Å². The van der Waals surface area contributed by atoms with E-state index in [2.05, 4.69) is 6.92 Å². The Balaban J connectivity index is 0.000000171. The third kappa shape index (κ3) is 3.17. The van der Waals surface area contributed by atoms with Crippen molar-refractivity contribution in [3.05, 3.63) is 0 Å². The Bertz CT molecular complexity index is 297. The third-order valence-electron chi connectivity index (χ3n) is 4.04. The van der Waals surface area contributed by atoms with Crippen LogP contribution in [0.2, 0.25) is 0 Å². The SMILES string of the molecule is CC1(C)CC(C)(C)C1=O.CCC1CCCC1=O. The highest BCUT2D eigenvalue weighted by Gasteiger charge is 2.51. The molecule has 0 aromatic heterocycles. The largest absolute Gasteiger partial charge is 0.299 e. The van der Waals surface area contributed by atoms with Crippen LogP contribution in [0, 0.1) is 16.7 Å². The highest BCUT2D eigenvalue weighted by molar-refractivity contribution is 5.95. The summed E-state index contributed by atoms with van der Waals surface area (Å²) in [6.45, 7) is 10.1. The summed E-state index contributed by atoms with van der Waals surface area (Å²) in [7, 11) is 0. The van der Waals surface area contributed by atoms with Gasteiger partial charge in [0.2, 0.25) is 0 Å². The normalized spacial score (nSPS) is 29.4. The number of hydrogen-bond donors (Lipinski definition) is 0. The van der Waals surface area contributed by atoms with Crippen molar-refractivity contribution < 1.29 is 9.59 Å². The van der Waals surface area contributed by atoms with Gasteiger partial charge in [-0.3, -0.25) is 9.59 Å². The lowest BCUT2D eigenvalue weighted by molar-refractivity contribution is -0.151. The minimum absolute atomic E-state index is 0.0243. The molecule has 2 nitrogen and oxygen atoms in total. The highest BCUT2D eigenvalue weighted by atomic mass is 16.1. The summed E-state index contributed by atoms with van der Waals surface area (Å²) in [6, 6.07) is 0. The molecule has 1 atom stereocenters. The average Bonchev–Trinajstić information content (AvgIpc) is 2.62. The first kappa shape index (κ1) is 14.4. The summed E-state index contributed by atoms with van der Waals surface area (Å²) in [6.07, 6.45) is 5.23. The molecule has 0 aromatic carbocycles. The van der Waals surface area contributed by atoms with E-state index in [4.69, 9.17) is 0 Å². The molecule has 0 N–H and O–H groups in total. The van der Waals surface area contributed by atoms with Gasteiger partial charge in [-0.05, 0) is 25.7 Å². The van der Waals surface area contributed by atoms with Crippen LogP contribution in [0.1, 0.15) is 66.7 Å². The summed E-state index contributed by atoms with van der Waals surface area (Å²) < 4.78 is 0. The molecule has 0 bridgehead atoms. The zero-order chi connectivity index (χ0) is 13.3. The van der Waals surface area contributed by atoms with E-state index in [1.54, 1.807) is 0 Å². The van der Waals surface area contributed by atoms with E-state index in [-0.39, 0.29) is 10.8 Å². The Hall–Kier alpha value is -0.660. The van der Waals surface area contributed by atoms with Crippen LogP contribution in [0.25, 0.3) is 0 Å². The van der Waals surface area contributed by atoms with Crippen molar-refractivity contribution in [2.24, 2.45) is 16.7 Å². The Morgan fingerprint density at radius 1 is 1.12 bits per heavy atom. The van der Waals surface area contributed by atoms with E-state index >= 15 is 0 Å². The van der Waals surface area contributed by atoms with Gasteiger partial charge in [0.1, 0.15) is 11.6 Å².